The van der Waals surface area contributed by atoms with Crippen LogP contribution in [0.25, 0.3) is 0 Å². The molecule has 0 heterocycles. The molecule has 2 aromatic rings. The van der Waals surface area contributed by atoms with Crippen molar-refractivity contribution < 1.29 is 22.7 Å². The van der Waals surface area contributed by atoms with Crippen molar-refractivity contribution in [3.63, 3.8) is 0 Å². The Morgan fingerprint density at radius 3 is 2.15 bits per heavy atom. The van der Waals surface area contributed by atoms with Crippen LogP contribution in [-0.2, 0) is 10.0 Å². The first-order valence-electron chi connectivity index (χ1n) is 8.31. The predicted molar refractivity (Wildman–Crippen MR) is 104 cm³/mol. The Morgan fingerprint density at radius 1 is 1.04 bits per heavy atom. The van der Waals surface area contributed by atoms with E-state index in [-0.39, 0.29) is 16.5 Å². The molecule has 0 radical (unpaired) electrons. The van der Waals surface area contributed by atoms with Crippen LogP contribution in [0.2, 0.25) is 0 Å². The summed E-state index contributed by atoms with van der Waals surface area (Å²) in [7, 11) is 0.862. The zero-order valence-corrected chi connectivity index (χ0v) is 16.8. The fourth-order valence-corrected chi connectivity index (χ4v) is 3.74. The Bertz CT molecular complexity index is 903. The van der Waals surface area contributed by atoms with Crippen LogP contribution in [0.15, 0.2) is 47.4 Å². The Labute approximate surface area is 160 Å². The second-order valence-corrected chi connectivity index (χ2v) is 8.20. The van der Waals surface area contributed by atoms with Crippen molar-refractivity contribution in [1.82, 2.24) is 4.31 Å². The number of sulfonamides is 1. The summed E-state index contributed by atoms with van der Waals surface area (Å²) in [5.41, 5.74) is 0.707. The van der Waals surface area contributed by atoms with Crippen molar-refractivity contribution in [1.29, 1.82) is 0 Å². The van der Waals surface area contributed by atoms with Gasteiger partial charge in [0, 0.05) is 42.5 Å². The number of carbonyl (C=O) groups is 1. The molecular weight excluding hydrogens is 368 g/mol. The molecule has 1 amide bonds. The molecule has 0 aliphatic rings. The van der Waals surface area contributed by atoms with Gasteiger partial charge in [0.05, 0.1) is 19.1 Å². The first-order chi connectivity index (χ1) is 12.7. The smallest absolute Gasteiger partial charge is 0.255 e. The number of methoxy groups -OCH3 is 2. The third kappa shape index (κ3) is 4.78. The van der Waals surface area contributed by atoms with Gasteiger partial charge in [0.1, 0.15) is 11.5 Å². The third-order valence-electron chi connectivity index (χ3n) is 4.11. The van der Waals surface area contributed by atoms with Gasteiger partial charge >= 0.3 is 0 Å². The minimum atomic E-state index is -3.68. The summed E-state index contributed by atoms with van der Waals surface area (Å²) in [6, 6.07) is 10.7. The van der Waals surface area contributed by atoms with Crippen molar-refractivity contribution in [3.05, 3.63) is 48.0 Å². The summed E-state index contributed by atoms with van der Waals surface area (Å²) in [5.74, 6) is 0.619. The molecular formula is C19H24N2O5S. The molecule has 8 heteroatoms. The lowest BCUT2D eigenvalue weighted by atomic mass is 10.2. The van der Waals surface area contributed by atoms with Gasteiger partial charge < -0.3 is 14.8 Å². The van der Waals surface area contributed by atoms with Crippen LogP contribution in [0.1, 0.15) is 24.2 Å². The lowest BCUT2D eigenvalue weighted by Gasteiger charge is -2.21. The van der Waals surface area contributed by atoms with Gasteiger partial charge in [-0.1, -0.05) is 6.07 Å². The van der Waals surface area contributed by atoms with Crippen LogP contribution in [-0.4, -0.2) is 45.9 Å². The topological polar surface area (TPSA) is 84.9 Å². The Kier molecular flexibility index (Phi) is 6.45. The van der Waals surface area contributed by atoms with E-state index in [2.05, 4.69) is 5.32 Å². The Morgan fingerprint density at radius 2 is 1.63 bits per heavy atom. The minimum absolute atomic E-state index is 0.0644. The van der Waals surface area contributed by atoms with E-state index in [9.17, 15) is 13.2 Å². The lowest BCUT2D eigenvalue weighted by molar-refractivity contribution is 0.102. The largest absolute Gasteiger partial charge is 0.497 e. The maximum absolute atomic E-state index is 12.6. The summed E-state index contributed by atoms with van der Waals surface area (Å²) in [6.45, 7) is 3.56. The number of benzene rings is 2. The van der Waals surface area contributed by atoms with E-state index in [4.69, 9.17) is 9.47 Å². The highest BCUT2D eigenvalue weighted by Crippen LogP contribution is 2.26. The van der Waals surface area contributed by atoms with Gasteiger partial charge in [0.15, 0.2) is 0 Å². The molecule has 0 unspecified atom stereocenters. The zero-order valence-electron chi connectivity index (χ0n) is 16.0. The van der Waals surface area contributed by atoms with E-state index in [1.54, 1.807) is 44.2 Å². The van der Waals surface area contributed by atoms with Gasteiger partial charge in [0.25, 0.3) is 5.91 Å². The Balaban J connectivity index is 2.31. The maximum atomic E-state index is 12.6. The summed E-state index contributed by atoms with van der Waals surface area (Å²) < 4.78 is 36.9. The molecule has 0 spiro atoms. The molecule has 0 saturated heterocycles. The van der Waals surface area contributed by atoms with Crippen molar-refractivity contribution >= 4 is 21.6 Å². The predicted octanol–water partition coefficient (Wildman–Crippen LogP) is 2.99. The number of ether oxygens (including phenoxy) is 2. The van der Waals surface area contributed by atoms with E-state index in [0.29, 0.717) is 17.2 Å². The number of hydrogen-bond acceptors (Lipinski definition) is 5. The molecule has 27 heavy (non-hydrogen) atoms. The zero-order chi connectivity index (χ0) is 20.2. The van der Waals surface area contributed by atoms with Gasteiger partial charge in [-0.15, -0.1) is 0 Å². The van der Waals surface area contributed by atoms with Gasteiger partial charge in [-0.2, -0.15) is 4.31 Å². The average molecular weight is 392 g/mol. The van der Waals surface area contributed by atoms with Crippen LogP contribution < -0.4 is 14.8 Å². The molecule has 2 aromatic carbocycles. The quantitative estimate of drug-likeness (QED) is 0.783. The van der Waals surface area contributed by atoms with Gasteiger partial charge in [0.2, 0.25) is 10.0 Å². The highest BCUT2D eigenvalue weighted by Gasteiger charge is 2.24. The van der Waals surface area contributed by atoms with Crippen LogP contribution >= 0.6 is 0 Å². The van der Waals surface area contributed by atoms with Crippen LogP contribution in [0.3, 0.4) is 0 Å². The van der Waals surface area contributed by atoms with Gasteiger partial charge in [-0.3, -0.25) is 4.79 Å². The molecule has 2 rings (SSSR count). The molecule has 7 nitrogen and oxygen atoms in total. The lowest BCUT2D eigenvalue weighted by Crippen LogP contribution is -2.33. The minimum Gasteiger partial charge on any atom is -0.497 e. The van der Waals surface area contributed by atoms with Crippen LogP contribution in [0, 0.1) is 0 Å². The van der Waals surface area contributed by atoms with Crippen molar-refractivity contribution in [2.24, 2.45) is 0 Å². The molecule has 0 bridgehead atoms. The van der Waals surface area contributed by atoms with Crippen LogP contribution in [0.5, 0.6) is 11.5 Å². The van der Waals surface area contributed by atoms with E-state index in [1.807, 2.05) is 0 Å². The van der Waals surface area contributed by atoms with E-state index >= 15 is 0 Å². The standard InChI is InChI=1S/C19H24N2O5S/c1-13(2)21(3)27(23,24)18-8-6-7-14(9-18)19(22)20-15-10-16(25-4)12-17(11-15)26-5/h6-13H,1-5H3,(H,20,22). The molecule has 0 atom stereocenters. The average Bonchev–Trinajstić information content (AvgIpc) is 2.66. The summed E-state index contributed by atoms with van der Waals surface area (Å²) in [6.07, 6.45) is 0. The second-order valence-electron chi connectivity index (χ2n) is 6.20. The number of nitrogens with zero attached hydrogens (tertiary/aromatic N) is 1. The molecule has 1 N–H and O–H groups in total. The number of anilines is 1. The number of nitrogens with one attached hydrogen (secondary N) is 1. The Hall–Kier alpha value is -2.58. The van der Waals surface area contributed by atoms with Gasteiger partial charge in [-0.05, 0) is 32.0 Å². The molecule has 0 aliphatic carbocycles. The normalized spacial score (nSPS) is 11.5. The molecule has 0 aromatic heterocycles. The molecule has 0 saturated carbocycles. The molecule has 0 fully saturated rings. The maximum Gasteiger partial charge on any atom is 0.255 e. The van der Waals surface area contributed by atoms with E-state index in [0.717, 1.165) is 0 Å². The monoisotopic (exact) mass is 392 g/mol. The van der Waals surface area contributed by atoms with Crippen LogP contribution in [0.4, 0.5) is 5.69 Å². The molecule has 146 valence electrons. The number of amides is 1. The first-order valence-corrected chi connectivity index (χ1v) is 9.75. The van der Waals surface area contributed by atoms with E-state index < -0.39 is 15.9 Å². The number of carbonyl (C=O) groups excluding carboxylic acids is 1. The highest BCUT2D eigenvalue weighted by molar-refractivity contribution is 7.89. The second kappa shape index (κ2) is 8.41. The first kappa shape index (κ1) is 20.7. The van der Waals surface area contributed by atoms with Gasteiger partial charge in [-0.25, -0.2) is 8.42 Å². The number of hydrogen-bond donors (Lipinski definition) is 1. The molecule has 0 aliphatic heterocycles. The van der Waals surface area contributed by atoms with Crippen molar-refractivity contribution in [2.75, 3.05) is 26.6 Å². The number of rotatable bonds is 7. The summed E-state index contributed by atoms with van der Waals surface area (Å²) >= 11 is 0. The fraction of sp³-hybridized carbons (Fsp3) is 0.316. The fourth-order valence-electron chi connectivity index (χ4n) is 2.32. The van der Waals surface area contributed by atoms with Crippen molar-refractivity contribution in [2.45, 2.75) is 24.8 Å². The highest BCUT2D eigenvalue weighted by atomic mass is 32.2. The summed E-state index contributed by atoms with van der Waals surface area (Å²) in [5, 5.41) is 2.73. The summed E-state index contributed by atoms with van der Waals surface area (Å²) in [4.78, 5) is 12.7. The third-order valence-corrected chi connectivity index (χ3v) is 6.14. The van der Waals surface area contributed by atoms with E-state index in [1.165, 1.54) is 37.7 Å². The van der Waals surface area contributed by atoms with Crippen molar-refractivity contribution in [3.8, 4) is 11.5 Å². The SMILES string of the molecule is COc1cc(NC(=O)c2cccc(S(=O)(=O)N(C)C(C)C)c2)cc(OC)c1.